The van der Waals surface area contributed by atoms with Crippen molar-refractivity contribution in [1.82, 2.24) is 0 Å². The normalized spacial score (nSPS) is 16.2. The van der Waals surface area contributed by atoms with Crippen molar-refractivity contribution in [2.75, 3.05) is 11.6 Å². The average Bonchev–Trinajstić information content (AvgIpc) is 2.70. The molecule has 1 aromatic carbocycles. The second-order valence-corrected chi connectivity index (χ2v) is 7.66. The van der Waals surface area contributed by atoms with E-state index in [4.69, 9.17) is 4.74 Å². The number of hydrogen-bond donors (Lipinski definition) is 0. The number of anilines is 1. The number of alkyl halides is 2. The van der Waals surface area contributed by atoms with E-state index in [1.54, 1.807) is 6.92 Å². The Kier molecular flexibility index (Phi) is 4.66. The van der Waals surface area contributed by atoms with Crippen LogP contribution >= 0.6 is 31.9 Å². The summed E-state index contributed by atoms with van der Waals surface area (Å²) in [6.07, 6.45) is 0. The van der Waals surface area contributed by atoms with Crippen molar-refractivity contribution in [1.29, 1.82) is 0 Å². The lowest BCUT2D eigenvalue weighted by Gasteiger charge is -2.15. The number of nitrogens with zero attached hydrogens (tertiary/aromatic N) is 4. The van der Waals surface area contributed by atoms with Crippen molar-refractivity contribution in [3.05, 3.63) is 38.4 Å². The summed E-state index contributed by atoms with van der Waals surface area (Å²) in [6.45, 7) is 1.90. The highest BCUT2D eigenvalue weighted by atomic mass is 79.9. The number of benzene rings is 1. The van der Waals surface area contributed by atoms with Crippen LogP contribution in [0.5, 0.6) is 0 Å². The van der Waals surface area contributed by atoms with E-state index in [0.29, 0.717) is 0 Å². The molecule has 0 saturated heterocycles. The molecule has 0 spiro atoms. The number of rotatable bonds is 4. The number of halogens is 2. The lowest BCUT2D eigenvalue weighted by Crippen LogP contribution is -2.36. The number of carbonyl (C=O) groups excluding carboxylic acids is 1. The summed E-state index contributed by atoms with van der Waals surface area (Å²) in [5.41, 5.74) is -1.29. The van der Waals surface area contributed by atoms with Crippen LogP contribution in [0, 0.1) is 20.2 Å². The van der Waals surface area contributed by atoms with E-state index in [2.05, 4.69) is 37.0 Å². The first-order valence-electron chi connectivity index (χ1n) is 6.07. The van der Waals surface area contributed by atoms with Crippen LogP contribution in [-0.4, -0.2) is 31.5 Å². The van der Waals surface area contributed by atoms with Crippen LogP contribution < -0.4 is 5.01 Å². The molecular weight excluding hydrogens is 444 g/mol. The quantitative estimate of drug-likeness (QED) is 0.393. The van der Waals surface area contributed by atoms with Gasteiger partial charge in [0, 0.05) is 6.07 Å². The fraction of sp³-hybridized carbons (Fsp3) is 0.273. The molecule has 1 aromatic rings. The van der Waals surface area contributed by atoms with Gasteiger partial charge in [-0.3, -0.25) is 25.0 Å². The molecule has 0 aromatic heterocycles. The molecule has 0 radical (unpaired) electrons. The maximum Gasteiger partial charge on any atom is 0.301 e. The van der Waals surface area contributed by atoms with E-state index in [9.17, 15) is 25.0 Å². The molecule has 0 aliphatic carbocycles. The molecule has 23 heavy (non-hydrogen) atoms. The zero-order chi connectivity index (χ0) is 17.4. The van der Waals surface area contributed by atoms with Crippen LogP contribution in [0.25, 0.3) is 0 Å². The minimum atomic E-state index is -1.45. The van der Waals surface area contributed by atoms with E-state index in [0.717, 1.165) is 23.2 Å². The van der Waals surface area contributed by atoms with Gasteiger partial charge in [0.25, 0.3) is 11.6 Å². The van der Waals surface area contributed by atoms with E-state index in [-0.39, 0.29) is 18.2 Å². The van der Waals surface area contributed by atoms with Crippen molar-refractivity contribution in [2.45, 2.75) is 10.2 Å². The first-order valence-corrected chi connectivity index (χ1v) is 7.65. The van der Waals surface area contributed by atoms with E-state index < -0.39 is 30.4 Å². The summed E-state index contributed by atoms with van der Waals surface area (Å²) in [5.74, 6) is -0.712. The van der Waals surface area contributed by atoms with Crippen LogP contribution in [0.4, 0.5) is 17.1 Å². The molecule has 1 heterocycles. The number of nitro groups is 2. The standard InChI is InChI=1S/C11H8Br2N4O6/c1-2-23-9-11(12,13)10(18)15(14-9)7-4-3-6(16(19)20)5-8(7)17(21)22/h3-5H,2H2,1H3. The lowest BCUT2D eigenvalue weighted by molar-refractivity contribution is -0.393. The number of nitro benzene ring substituents is 2. The number of hydrazone groups is 1. The summed E-state index contributed by atoms with van der Waals surface area (Å²) in [7, 11) is 0. The molecule has 0 bridgehead atoms. The summed E-state index contributed by atoms with van der Waals surface area (Å²) in [5, 5.41) is 26.6. The van der Waals surface area contributed by atoms with Crippen LogP contribution in [0.1, 0.15) is 6.92 Å². The van der Waals surface area contributed by atoms with Crippen LogP contribution in [0.3, 0.4) is 0 Å². The first-order chi connectivity index (χ1) is 10.7. The number of amides is 1. The molecule has 0 atom stereocenters. The van der Waals surface area contributed by atoms with Crippen LogP contribution in [0.15, 0.2) is 23.3 Å². The Morgan fingerprint density at radius 3 is 2.48 bits per heavy atom. The minimum absolute atomic E-state index is 0.0300. The molecule has 0 unspecified atom stereocenters. The monoisotopic (exact) mass is 450 g/mol. The Morgan fingerprint density at radius 1 is 1.30 bits per heavy atom. The molecule has 0 saturated carbocycles. The number of non-ortho nitro benzene ring substituents is 1. The summed E-state index contributed by atoms with van der Waals surface area (Å²) < 4.78 is 3.77. The Bertz CT molecular complexity index is 735. The molecule has 0 fully saturated rings. The SMILES string of the molecule is CCOC1=NN(c2ccc([N+](=O)[O-])cc2[N+](=O)[O-])C(=O)C1(Br)Br. The zero-order valence-electron chi connectivity index (χ0n) is 11.4. The van der Waals surface area contributed by atoms with E-state index >= 15 is 0 Å². The van der Waals surface area contributed by atoms with Crippen molar-refractivity contribution >= 4 is 60.7 Å². The zero-order valence-corrected chi connectivity index (χ0v) is 14.6. The highest BCUT2D eigenvalue weighted by Crippen LogP contribution is 2.41. The second kappa shape index (κ2) is 6.20. The van der Waals surface area contributed by atoms with Crippen LogP contribution in [0.2, 0.25) is 0 Å². The van der Waals surface area contributed by atoms with Gasteiger partial charge >= 0.3 is 5.69 Å². The van der Waals surface area contributed by atoms with Crippen molar-refractivity contribution in [2.24, 2.45) is 5.10 Å². The highest BCUT2D eigenvalue weighted by molar-refractivity contribution is 9.26. The van der Waals surface area contributed by atoms with Gasteiger partial charge in [0.1, 0.15) is 5.69 Å². The van der Waals surface area contributed by atoms with Gasteiger partial charge in [-0.2, -0.15) is 5.01 Å². The maximum absolute atomic E-state index is 12.4. The molecule has 12 heteroatoms. The summed E-state index contributed by atoms with van der Waals surface area (Å²) >= 11 is 6.21. The summed E-state index contributed by atoms with van der Waals surface area (Å²) in [4.78, 5) is 32.7. The average molecular weight is 452 g/mol. The van der Waals surface area contributed by atoms with Gasteiger partial charge in [0.15, 0.2) is 0 Å². The topological polar surface area (TPSA) is 128 Å². The van der Waals surface area contributed by atoms with E-state index in [1.165, 1.54) is 0 Å². The van der Waals surface area contributed by atoms with Crippen LogP contribution in [-0.2, 0) is 9.53 Å². The van der Waals surface area contributed by atoms with Gasteiger partial charge in [0.2, 0.25) is 9.13 Å². The molecule has 2 rings (SSSR count). The fourth-order valence-electron chi connectivity index (χ4n) is 1.79. The predicted octanol–water partition coefficient (Wildman–Crippen LogP) is 2.69. The van der Waals surface area contributed by atoms with Gasteiger partial charge in [-0.05, 0) is 13.0 Å². The third-order valence-corrected chi connectivity index (χ3v) is 4.15. The third kappa shape index (κ3) is 3.03. The number of ether oxygens (including phenoxy) is 1. The van der Waals surface area contributed by atoms with Crippen molar-refractivity contribution < 1.29 is 19.4 Å². The summed E-state index contributed by atoms with van der Waals surface area (Å²) in [6, 6.07) is 2.90. The minimum Gasteiger partial charge on any atom is -0.478 e. The smallest absolute Gasteiger partial charge is 0.301 e. The Hall–Kier alpha value is -2.08. The van der Waals surface area contributed by atoms with Crippen molar-refractivity contribution in [3.8, 4) is 0 Å². The van der Waals surface area contributed by atoms with Crippen molar-refractivity contribution in [3.63, 3.8) is 0 Å². The van der Waals surface area contributed by atoms with E-state index in [1.807, 2.05) is 0 Å². The van der Waals surface area contributed by atoms with Gasteiger partial charge in [0.05, 0.1) is 22.5 Å². The van der Waals surface area contributed by atoms with Gasteiger partial charge in [-0.15, -0.1) is 5.10 Å². The fourth-order valence-corrected chi connectivity index (χ4v) is 2.52. The van der Waals surface area contributed by atoms with Gasteiger partial charge < -0.3 is 4.74 Å². The number of carbonyl (C=O) groups is 1. The predicted molar refractivity (Wildman–Crippen MR) is 86.9 cm³/mol. The van der Waals surface area contributed by atoms with Gasteiger partial charge in [-0.1, -0.05) is 31.9 Å². The Balaban J connectivity index is 2.56. The molecule has 122 valence electrons. The largest absolute Gasteiger partial charge is 0.478 e. The highest BCUT2D eigenvalue weighted by Gasteiger charge is 2.51. The molecule has 0 N–H and O–H groups in total. The molecule has 1 aliphatic heterocycles. The maximum atomic E-state index is 12.4. The van der Waals surface area contributed by atoms with Gasteiger partial charge in [-0.25, -0.2) is 0 Å². The molecule has 1 amide bonds. The number of hydrogen-bond acceptors (Lipinski definition) is 7. The third-order valence-electron chi connectivity index (χ3n) is 2.80. The first kappa shape index (κ1) is 17.3. The Labute approximate surface area is 145 Å². The lowest BCUT2D eigenvalue weighted by atomic mass is 10.2. The molecule has 1 aliphatic rings. The molecule has 10 nitrogen and oxygen atoms in total. The second-order valence-electron chi connectivity index (χ2n) is 4.22. The Morgan fingerprint density at radius 2 is 1.96 bits per heavy atom. The molecular formula is C11H8Br2N4O6.